The Labute approximate surface area is 173 Å². The average molecular weight is 411 g/mol. The Hall–Kier alpha value is -3.56. The molecule has 3 heterocycles. The molecule has 1 unspecified atom stereocenters. The van der Waals surface area contributed by atoms with Crippen LogP contribution in [0.1, 0.15) is 18.9 Å². The highest BCUT2D eigenvalue weighted by molar-refractivity contribution is 5.83. The van der Waals surface area contributed by atoms with Crippen molar-refractivity contribution in [3.63, 3.8) is 0 Å². The summed E-state index contributed by atoms with van der Waals surface area (Å²) in [5.41, 5.74) is 8.14. The van der Waals surface area contributed by atoms with E-state index < -0.39 is 6.09 Å². The molecule has 4 N–H and O–H groups in total. The first-order valence-electron chi connectivity index (χ1n) is 9.71. The summed E-state index contributed by atoms with van der Waals surface area (Å²) in [6, 6.07) is 7.75. The standard InChI is InChI=1S/C20H25N7O3/c1-20(11-23-19(28)29)7-8-26(12-20)15-9-22-16-17(21)25-27(18(16)24-15)10-13-3-5-14(30-2)6-4-13/h3-6,9,23H,7-8,10-12H2,1-2H3,(H2,21,25)(H,28,29). The number of anilines is 2. The Morgan fingerprint density at radius 2 is 2.13 bits per heavy atom. The maximum Gasteiger partial charge on any atom is 0.404 e. The highest BCUT2D eigenvalue weighted by Gasteiger charge is 2.35. The van der Waals surface area contributed by atoms with E-state index in [0.29, 0.717) is 36.6 Å². The van der Waals surface area contributed by atoms with Crippen LogP contribution in [0.2, 0.25) is 0 Å². The second kappa shape index (κ2) is 7.69. The van der Waals surface area contributed by atoms with Gasteiger partial charge in [0.2, 0.25) is 0 Å². The lowest BCUT2D eigenvalue weighted by Crippen LogP contribution is -2.37. The predicted octanol–water partition coefficient (Wildman–Crippen LogP) is 1.95. The summed E-state index contributed by atoms with van der Waals surface area (Å²) in [7, 11) is 1.63. The zero-order valence-corrected chi connectivity index (χ0v) is 17.0. The van der Waals surface area contributed by atoms with E-state index in [4.69, 9.17) is 20.6 Å². The molecule has 10 heteroatoms. The fourth-order valence-corrected chi connectivity index (χ4v) is 3.77. The van der Waals surface area contributed by atoms with Gasteiger partial charge in [0, 0.05) is 25.0 Å². The minimum Gasteiger partial charge on any atom is -0.497 e. The summed E-state index contributed by atoms with van der Waals surface area (Å²) >= 11 is 0. The first-order valence-corrected chi connectivity index (χ1v) is 9.71. The van der Waals surface area contributed by atoms with Crippen LogP contribution in [0.4, 0.5) is 16.4 Å². The van der Waals surface area contributed by atoms with Gasteiger partial charge < -0.3 is 25.8 Å². The number of rotatable bonds is 6. The number of carboxylic acid groups (broad SMARTS) is 1. The van der Waals surface area contributed by atoms with Gasteiger partial charge in [-0.1, -0.05) is 19.1 Å². The van der Waals surface area contributed by atoms with Gasteiger partial charge >= 0.3 is 6.09 Å². The second-order valence-electron chi connectivity index (χ2n) is 7.93. The van der Waals surface area contributed by atoms with E-state index in [-0.39, 0.29) is 5.41 Å². The monoisotopic (exact) mass is 411 g/mol. The minimum absolute atomic E-state index is 0.155. The molecule has 10 nitrogen and oxygen atoms in total. The fraction of sp³-hybridized carbons (Fsp3) is 0.400. The van der Waals surface area contributed by atoms with Crippen molar-refractivity contribution in [2.75, 3.05) is 37.4 Å². The SMILES string of the molecule is COc1ccc(Cn2nc(N)c3ncc(N4CCC(C)(CNC(=O)O)C4)nc32)cc1. The molecule has 0 saturated carbocycles. The van der Waals surface area contributed by atoms with Gasteiger partial charge in [0.05, 0.1) is 19.9 Å². The maximum atomic E-state index is 10.8. The van der Waals surface area contributed by atoms with E-state index >= 15 is 0 Å². The first kappa shape index (κ1) is 19.7. The van der Waals surface area contributed by atoms with Gasteiger partial charge in [0.25, 0.3) is 0 Å². The van der Waals surface area contributed by atoms with Crippen molar-refractivity contribution >= 4 is 28.9 Å². The predicted molar refractivity (Wildman–Crippen MR) is 113 cm³/mol. The van der Waals surface area contributed by atoms with E-state index in [1.165, 1.54) is 0 Å². The number of aromatic nitrogens is 4. The van der Waals surface area contributed by atoms with Crippen molar-refractivity contribution in [3.8, 4) is 5.75 Å². The number of nitrogens with zero attached hydrogens (tertiary/aromatic N) is 5. The molecule has 4 rings (SSSR count). The minimum atomic E-state index is -1.01. The number of nitrogens with one attached hydrogen (secondary N) is 1. The Kier molecular flexibility index (Phi) is 5.06. The second-order valence-corrected chi connectivity index (χ2v) is 7.93. The zero-order chi connectivity index (χ0) is 21.3. The van der Waals surface area contributed by atoms with Gasteiger partial charge in [-0.05, 0) is 24.1 Å². The summed E-state index contributed by atoms with van der Waals surface area (Å²) in [5, 5.41) is 15.8. The largest absolute Gasteiger partial charge is 0.497 e. The molecular weight excluding hydrogens is 386 g/mol. The van der Waals surface area contributed by atoms with Crippen molar-refractivity contribution in [3.05, 3.63) is 36.0 Å². The van der Waals surface area contributed by atoms with Crippen LogP contribution >= 0.6 is 0 Å². The zero-order valence-electron chi connectivity index (χ0n) is 17.0. The molecule has 0 aliphatic carbocycles. The molecular formula is C20H25N7O3. The quantitative estimate of drug-likeness (QED) is 0.561. The number of hydrogen-bond donors (Lipinski definition) is 3. The third kappa shape index (κ3) is 3.93. The van der Waals surface area contributed by atoms with Crippen molar-refractivity contribution in [1.29, 1.82) is 0 Å². The number of carbonyl (C=O) groups is 1. The van der Waals surface area contributed by atoms with Crippen molar-refractivity contribution in [2.45, 2.75) is 19.9 Å². The Morgan fingerprint density at radius 1 is 1.37 bits per heavy atom. The van der Waals surface area contributed by atoms with Crippen molar-refractivity contribution < 1.29 is 14.6 Å². The topological polar surface area (TPSA) is 131 Å². The Bertz CT molecular complexity index is 1070. The third-order valence-electron chi connectivity index (χ3n) is 5.50. The number of ether oxygens (including phenoxy) is 1. The molecule has 3 aromatic rings. The third-order valence-corrected chi connectivity index (χ3v) is 5.50. The van der Waals surface area contributed by atoms with E-state index in [1.807, 2.05) is 24.3 Å². The van der Waals surface area contributed by atoms with E-state index in [0.717, 1.165) is 30.1 Å². The molecule has 2 aromatic heterocycles. The number of fused-ring (bicyclic) bond motifs is 1. The Balaban J connectivity index is 1.57. The molecule has 0 radical (unpaired) electrons. The van der Waals surface area contributed by atoms with Gasteiger partial charge in [-0.3, -0.25) is 0 Å². The van der Waals surface area contributed by atoms with Gasteiger partial charge in [0.1, 0.15) is 11.6 Å². The lowest BCUT2D eigenvalue weighted by Gasteiger charge is -2.24. The summed E-state index contributed by atoms with van der Waals surface area (Å²) in [5.74, 6) is 1.87. The number of benzene rings is 1. The Morgan fingerprint density at radius 3 is 2.83 bits per heavy atom. The van der Waals surface area contributed by atoms with Gasteiger partial charge in [-0.15, -0.1) is 0 Å². The van der Waals surface area contributed by atoms with Crippen LogP contribution in [0.5, 0.6) is 5.75 Å². The number of hydrogen-bond acceptors (Lipinski definition) is 7. The summed E-state index contributed by atoms with van der Waals surface area (Å²) in [4.78, 5) is 22.3. The summed E-state index contributed by atoms with van der Waals surface area (Å²) < 4.78 is 6.96. The van der Waals surface area contributed by atoms with Crippen molar-refractivity contribution in [1.82, 2.24) is 25.1 Å². The summed E-state index contributed by atoms with van der Waals surface area (Å²) in [6.45, 7) is 4.45. The molecule has 1 amide bonds. The highest BCUT2D eigenvalue weighted by atomic mass is 16.5. The molecule has 1 aliphatic rings. The number of nitrogens with two attached hydrogens (primary N) is 1. The molecule has 158 valence electrons. The van der Waals surface area contributed by atoms with E-state index in [2.05, 4.69) is 27.2 Å². The van der Waals surface area contributed by atoms with Crippen LogP contribution in [-0.2, 0) is 6.54 Å². The van der Waals surface area contributed by atoms with E-state index in [9.17, 15) is 4.79 Å². The first-order chi connectivity index (χ1) is 14.4. The fourth-order valence-electron chi connectivity index (χ4n) is 3.77. The molecule has 30 heavy (non-hydrogen) atoms. The molecule has 1 aromatic carbocycles. The maximum absolute atomic E-state index is 10.8. The van der Waals surface area contributed by atoms with Crippen molar-refractivity contribution in [2.24, 2.45) is 5.41 Å². The van der Waals surface area contributed by atoms with Crippen LogP contribution in [-0.4, -0.2) is 57.7 Å². The lowest BCUT2D eigenvalue weighted by atomic mass is 9.90. The van der Waals surface area contributed by atoms with Crippen LogP contribution in [0.25, 0.3) is 11.2 Å². The molecule has 1 aliphatic heterocycles. The number of nitrogen functional groups attached to an aromatic ring is 1. The molecule has 1 saturated heterocycles. The van der Waals surface area contributed by atoms with Gasteiger partial charge in [-0.2, -0.15) is 5.10 Å². The molecule has 1 fully saturated rings. The van der Waals surface area contributed by atoms with Crippen LogP contribution in [0.15, 0.2) is 30.5 Å². The van der Waals surface area contributed by atoms with Crippen LogP contribution in [0, 0.1) is 5.41 Å². The summed E-state index contributed by atoms with van der Waals surface area (Å²) in [6.07, 6.45) is 1.56. The molecule has 0 bridgehead atoms. The normalized spacial score (nSPS) is 18.7. The molecule has 1 atom stereocenters. The van der Waals surface area contributed by atoms with Crippen LogP contribution in [0.3, 0.4) is 0 Å². The number of methoxy groups -OCH3 is 1. The average Bonchev–Trinajstić information content (AvgIpc) is 3.28. The van der Waals surface area contributed by atoms with Gasteiger partial charge in [0.15, 0.2) is 17.0 Å². The highest BCUT2D eigenvalue weighted by Crippen LogP contribution is 2.32. The number of amides is 1. The lowest BCUT2D eigenvalue weighted by molar-refractivity contribution is 0.188. The van der Waals surface area contributed by atoms with Crippen LogP contribution < -0.4 is 20.7 Å². The van der Waals surface area contributed by atoms with Gasteiger partial charge in [-0.25, -0.2) is 19.4 Å². The molecule has 0 spiro atoms. The smallest absolute Gasteiger partial charge is 0.404 e. The van der Waals surface area contributed by atoms with E-state index in [1.54, 1.807) is 18.0 Å².